The quantitative estimate of drug-likeness (QED) is 0.637. The molecule has 1 unspecified atom stereocenters. The number of carbonyl (C=O) groups excluding carboxylic acids is 1. The largest absolute Gasteiger partial charge is 0.611 e. The Balaban J connectivity index is 1.51. The third-order valence-corrected chi connectivity index (χ3v) is 8.08. The van der Waals surface area contributed by atoms with E-state index in [0.717, 1.165) is 60.8 Å². The van der Waals surface area contributed by atoms with Crippen molar-refractivity contribution < 1.29 is 18.8 Å². The van der Waals surface area contributed by atoms with Crippen LogP contribution in [0.3, 0.4) is 0 Å². The second-order valence-electron chi connectivity index (χ2n) is 8.58. The van der Waals surface area contributed by atoms with E-state index in [1.807, 2.05) is 29.2 Å². The van der Waals surface area contributed by atoms with E-state index in [1.54, 1.807) is 7.11 Å². The molecule has 0 radical (unpaired) electrons. The normalized spacial score (nSPS) is 21.9. The van der Waals surface area contributed by atoms with Crippen LogP contribution in [0, 0.1) is 0 Å². The fraction of sp³-hybridized carbons (Fsp3) is 0.565. The summed E-state index contributed by atoms with van der Waals surface area (Å²) >= 11 is -1.18. The van der Waals surface area contributed by atoms with Gasteiger partial charge < -0.3 is 23.8 Å². The summed E-state index contributed by atoms with van der Waals surface area (Å²) in [7, 11) is 1.73. The summed E-state index contributed by atoms with van der Waals surface area (Å²) in [4.78, 5) is 18.5. The van der Waals surface area contributed by atoms with E-state index in [4.69, 9.17) is 14.6 Å². The Morgan fingerprint density at radius 1 is 1.22 bits per heavy atom. The number of nitrogens with zero attached hydrogens (tertiary/aromatic N) is 4. The zero-order chi connectivity index (χ0) is 22.1. The van der Waals surface area contributed by atoms with Gasteiger partial charge >= 0.3 is 0 Å². The van der Waals surface area contributed by atoms with Crippen molar-refractivity contribution in [2.75, 3.05) is 59.7 Å². The lowest BCUT2D eigenvalue weighted by Crippen LogP contribution is -2.41. The average Bonchev–Trinajstić information content (AvgIpc) is 3.23. The predicted octanol–water partition coefficient (Wildman–Crippen LogP) is 1.93. The summed E-state index contributed by atoms with van der Waals surface area (Å²) in [6.45, 7) is 5.84. The molecule has 2 fully saturated rings. The number of carbonyl (C=O) groups is 1. The number of benzene rings is 1. The predicted molar refractivity (Wildman–Crippen MR) is 121 cm³/mol. The number of morpholine rings is 1. The second kappa shape index (κ2) is 9.52. The SMILES string of the molecule is COCCN1CCC(n2nc(C(=O)N3CCOCC3)c3c2-c2ccccc2[S+]([O-])C3)CC1. The van der Waals surface area contributed by atoms with Gasteiger partial charge in [-0.2, -0.15) is 5.10 Å². The Morgan fingerprint density at radius 2 is 1.97 bits per heavy atom. The van der Waals surface area contributed by atoms with E-state index < -0.39 is 11.2 Å². The van der Waals surface area contributed by atoms with Crippen LogP contribution in [-0.2, 0) is 26.4 Å². The molecule has 8 nitrogen and oxygen atoms in total. The molecule has 5 rings (SSSR count). The van der Waals surface area contributed by atoms with Crippen molar-refractivity contribution in [2.45, 2.75) is 29.5 Å². The van der Waals surface area contributed by atoms with Crippen LogP contribution in [0.25, 0.3) is 11.3 Å². The summed E-state index contributed by atoms with van der Waals surface area (Å²) in [5.74, 6) is 0.266. The van der Waals surface area contributed by atoms with Crippen molar-refractivity contribution in [1.29, 1.82) is 0 Å². The number of fused-ring (bicyclic) bond motifs is 3. The molecule has 1 aromatic heterocycles. The lowest BCUT2D eigenvalue weighted by Gasteiger charge is -2.33. The Kier molecular flexibility index (Phi) is 6.52. The molecule has 172 valence electrons. The highest BCUT2D eigenvalue weighted by Crippen LogP contribution is 2.42. The minimum absolute atomic E-state index is 0.0720. The Labute approximate surface area is 191 Å². The van der Waals surface area contributed by atoms with Crippen molar-refractivity contribution >= 4 is 17.1 Å². The number of ether oxygens (including phenoxy) is 2. The molecule has 2 saturated heterocycles. The highest BCUT2D eigenvalue weighted by Gasteiger charge is 2.38. The van der Waals surface area contributed by atoms with Gasteiger partial charge in [0.15, 0.2) is 10.6 Å². The first kappa shape index (κ1) is 21.9. The lowest BCUT2D eigenvalue weighted by molar-refractivity contribution is 0.0297. The maximum Gasteiger partial charge on any atom is 0.275 e. The molecule has 0 aliphatic carbocycles. The van der Waals surface area contributed by atoms with Crippen molar-refractivity contribution in [3.05, 3.63) is 35.5 Å². The number of likely N-dealkylation sites (tertiary alicyclic amines) is 1. The van der Waals surface area contributed by atoms with Crippen LogP contribution < -0.4 is 0 Å². The number of rotatable bonds is 5. The molecule has 1 aromatic carbocycles. The van der Waals surface area contributed by atoms with Gasteiger partial charge in [0.05, 0.1) is 42.7 Å². The van der Waals surface area contributed by atoms with E-state index in [-0.39, 0.29) is 11.9 Å². The first-order valence-corrected chi connectivity index (χ1v) is 12.7. The fourth-order valence-corrected chi connectivity index (χ4v) is 6.25. The van der Waals surface area contributed by atoms with Crippen LogP contribution >= 0.6 is 0 Å². The van der Waals surface area contributed by atoms with Gasteiger partial charge in [-0.3, -0.25) is 9.48 Å². The molecule has 1 amide bonds. The highest BCUT2D eigenvalue weighted by atomic mass is 32.2. The number of aromatic nitrogens is 2. The summed E-state index contributed by atoms with van der Waals surface area (Å²) in [6.07, 6.45) is 1.93. The molecule has 0 saturated carbocycles. The van der Waals surface area contributed by atoms with Crippen LogP contribution in [0.15, 0.2) is 29.2 Å². The molecule has 0 spiro atoms. The summed E-state index contributed by atoms with van der Waals surface area (Å²) in [6, 6.07) is 8.06. The number of hydrogen-bond acceptors (Lipinski definition) is 6. The number of amides is 1. The molecule has 32 heavy (non-hydrogen) atoms. The number of hydrogen-bond donors (Lipinski definition) is 0. The van der Waals surface area contributed by atoms with Crippen molar-refractivity contribution in [3.8, 4) is 11.3 Å². The van der Waals surface area contributed by atoms with Gasteiger partial charge in [-0.25, -0.2) is 0 Å². The minimum Gasteiger partial charge on any atom is -0.611 e. The maximum atomic E-state index is 13.4. The van der Waals surface area contributed by atoms with Gasteiger partial charge in [-0.1, -0.05) is 12.1 Å². The maximum absolute atomic E-state index is 13.4. The summed E-state index contributed by atoms with van der Waals surface area (Å²) < 4.78 is 25.8. The molecule has 0 bridgehead atoms. The van der Waals surface area contributed by atoms with Crippen LogP contribution in [-0.4, -0.2) is 89.7 Å². The monoisotopic (exact) mass is 458 g/mol. The average molecular weight is 459 g/mol. The molecule has 3 aliphatic heterocycles. The molecule has 4 heterocycles. The second-order valence-corrected chi connectivity index (χ2v) is 10.00. The number of piperidine rings is 1. The zero-order valence-corrected chi connectivity index (χ0v) is 19.3. The third kappa shape index (κ3) is 4.08. The molecule has 2 aromatic rings. The Morgan fingerprint density at radius 3 is 2.72 bits per heavy atom. The van der Waals surface area contributed by atoms with E-state index >= 15 is 0 Å². The first-order chi connectivity index (χ1) is 15.7. The van der Waals surface area contributed by atoms with Gasteiger partial charge in [0.2, 0.25) is 0 Å². The first-order valence-electron chi connectivity index (χ1n) is 11.3. The van der Waals surface area contributed by atoms with Crippen LogP contribution in [0.5, 0.6) is 0 Å². The standard InChI is InChI=1S/C23H30N4O4S/c1-30-13-10-25-8-6-17(7-9-25)27-22-18-4-2-3-5-20(18)32(29)16-19(22)21(24-27)23(28)26-11-14-31-15-12-26/h2-5,17H,6-16H2,1H3. The summed E-state index contributed by atoms with van der Waals surface area (Å²) in [5, 5.41) is 4.92. The lowest BCUT2D eigenvalue weighted by atomic mass is 10.0. The summed E-state index contributed by atoms with van der Waals surface area (Å²) in [5.41, 5.74) is 3.22. The molecule has 3 aliphatic rings. The van der Waals surface area contributed by atoms with Crippen molar-refractivity contribution in [3.63, 3.8) is 0 Å². The van der Waals surface area contributed by atoms with E-state index in [1.165, 1.54) is 0 Å². The van der Waals surface area contributed by atoms with E-state index in [0.29, 0.717) is 37.8 Å². The van der Waals surface area contributed by atoms with Gasteiger partial charge in [0, 0.05) is 39.8 Å². The van der Waals surface area contributed by atoms with Gasteiger partial charge in [-0.15, -0.1) is 0 Å². The fourth-order valence-electron chi connectivity index (χ4n) is 4.92. The zero-order valence-electron chi connectivity index (χ0n) is 18.5. The Bertz CT molecular complexity index is 967. The van der Waals surface area contributed by atoms with E-state index in [9.17, 15) is 9.35 Å². The van der Waals surface area contributed by atoms with Crippen molar-refractivity contribution in [1.82, 2.24) is 19.6 Å². The molecule has 1 atom stereocenters. The van der Waals surface area contributed by atoms with Gasteiger partial charge in [0.1, 0.15) is 5.75 Å². The van der Waals surface area contributed by atoms with Crippen LogP contribution in [0.1, 0.15) is 34.9 Å². The molecular formula is C23H30N4O4S. The molecular weight excluding hydrogens is 428 g/mol. The smallest absolute Gasteiger partial charge is 0.275 e. The third-order valence-electron chi connectivity index (χ3n) is 6.69. The highest BCUT2D eigenvalue weighted by molar-refractivity contribution is 7.90. The Hall–Kier alpha value is -1.91. The number of methoxy groups -OCH3 is 1. The molecule has 0 N–H and O–H groups in total. The molecule has 9 heteroatoms. The van der Waals surface area contributed by atoms with E-state index in [2.05, 4.69) is 9.58 Å². The van der Waals surface area contributed by atoms with Crippen LogP contribution in [0.4, 0.5) is 0 Å². The topological polar surface area (TPSA) is 82.9 Å². The van der Waals surface area contributed by atoms with Crippen LogP contribution in [0.2, 0.25) is 0 Å². The minimum atomic E-state index is -1.18. The van der Waals surface area contributed by atoms with Gasteiger partial charge in [0.25, 0.3) is 5.91 Å². The van der Waals surface area contributed by atoms with Crippen molar-refractivity contribution in [2.24, 2.45) is 0 Å². The van der Waals surface area contributed by atoms with Gasteiger partial charge in [-0.05, 0) is 36.2 Å².